The van der Waals surface area contributed by atoms with E-state index in [0.717, 1.165) is 25.7 Å². The van der Waals surface area contributed by atoms with Crippen LogP contribution in [-0.2, 0) is 4.74 Å². The number of nitrogens with two attached hydrogens (primary N) is 1. The van der Waals surface area contributed by atoms with Crippen molar-refractivity contribution >= 4 is 52.5 Å². The second kappa shape index (κ2) is 20.2. The SMILES string of the molecule is CC1CCCCC(CCCC(Cl)Cl)c2c(O)cc(cc2O)C(OC(N)=O)C(C)CCCCC(CCCC(Cl)Cl)c2c(O)cc(cc2O)C1O. The first kappa shape index (κ1) is 41.5. The third-order valence-corrected chi connectivity index (χ3v) is 10.8. The smallest absolute Gasteiger partial charge is 0.405 e. The van der Waals surface area contributed by atoms with Crippen LogP contribution in [-0.4, -0.2) is 41.3 Å². The van der Waals surface area contributed by atoms with Gasteiger partial charge in [-0.25, -0.2) is 4.79 Å². The van der Waals surface area contributed by atoms with E-state index < -0.39 is 28.0 Å². The first-order chi connectivity index (χ1) is 23.2. The maximum absolute atomic E-state index is 12.0. The van der Waals surface area contributed by atoms with E-state index in [0.29, 0.717) is 86.5 Å². The average molecular weight is 766 g/mol. The number of carbonyl (C=O) groups excluding carboxylic acids is 1. The van der Waals surface area contributed by atoms with Crippen molar-refractivity contribution in [3.8, 4) is 23.0 Å². The van der Waals surface area contributed by atoms with E-state index in [1.165, 1.54) is 0 Å². The molecule has 4 aliphatic rings. The average Bonchev–Trinajstić information content (AvgIpc) is 3.01. The second-order valence-electron chi connectivity index (χ2n) is 13.8. The molecule has 1 amide bonds. The molecule has 0 spiro atoms. The number of phenols is 4. The standard InChI is InChI=1S/C37H53Cl4NO7/c1-21-9-3-5-11-24(14-8-16-32(40)41)34-29(45)19-26(20-30(34)46)36(49-37(42)48)22(2)10-4-6-12-23(13-7-15-31(38)39)33-27(43)17-25(35(21)47)18-28(33)44/h17-24,31-32,35-36,43-47H,3-16H2,1-2H3,(H2,42,48). The zero-order valence-corrected chi connectivity index (χ0v) is 31.5. The Morgan fingerprint density at radius 2 is 1.10 bits per heavy atom. The van der Waals surface area contributed by atoms with Crippen LogP contribution in [0.5, 0.6) is 23.0 Å². The predicted molar refractivity (Wildman–Crippen MR) is 197 cm³/mol. The molecule has 0 radical (unpaired) electrons. The Balaban J connectivity index is 1.98. The van der Waals surface area contributed by atoms with Crippen molar-refractivity contribution in [1.82, 2.24) is 0 Å². The fourth-order valence-corrected chi connectivity index (χ4v) is 7.97. The minimum atomic E-state index is -0.957. The Bertz CT molecular complexity index is 1300. The summed E-state index contributed by atoms with van der Waals surface area (Å²) in [7, 11) is 0. The molecule has 6 rings (SSSR count). The molecule has 12 heteroatoms. The van der Waals surface area contributed by atoms with Crippen molar-refractivity contribution in [1.29, 1.82) is 0 Å². The van der Waals surface area contributed by atoms with Gasteiger partial charge in [-0.15, -0.1) is 46.4 Å². The number of primary amides is 1. The number of aliphatic hydroxyl groups is 1. The molecule has 0 fully saturated rings. The first-order valence-electron chi connectivity index (χ1n) is 17.5. The normalized spacial score (nSPS) is 24.5. The molecule has 0 aliphatic heterocycles. The molecule has 6 atom stereocenters. The quantitative estimate of drug-likeness (QED) is 0.139. The van der Waals surface area contributed by atoms with Crippen LogP contribution in [0.25, 0.3) is 0 Å². The van der Waals surface area contributed by atoms with Crippen LogP contribution < -0.4 is 5.73 Å². The van der Waals surface area contributed by atoms with Gasteiger partial charge < -0.3 is 36.0 Å². The Labute approximate surface area is 310 Å². The van der Waals surface area contributed by atoms with Gasteiger partial charge in [-0.3, -0.25) is 0 Å². The highest BCUT2D eigenvalue weighted by Crippen LogP contribution is 2.46. The van der Waals surface area contributed by atoms with Crippen molar-refractivity contribution in [2.24, 2.45) is 17.6 Å². The number of ether oxygens (including phenoxy) is 1. The molecule has 2 aromatic rings. The van der Waals surface area contributed by atoms with Gasteiger partial charge in [0.05, 0.1) is 6.10 Å². The molecule has 276 valence electrons. The van der Waals surface area contributed by atoms with E-state index in [1.807, 2.05) is 13.8 Å². The fourth-order valence-electron chi connectivity index (χ4n) is 7.35. The van der Waals surface area contributed by atoms with Gasteiger partial charge >= 0.3 is 6.09 Å². The van der Waals surface area contributed by atoms with Gasteiger partial charge in [-0.2, -0.15) is 0 Å². The summed E-state index contributed by atoms with van der Waals surface area (Å²) in [6, 6.07) is 6.21. The number of alkyl halides is 4. The number of aromatic hydroxyl groups is 4. The third kappa shape index (κ3) is 12.6. The Morgan fingerprint density at radius 1 is 0.714 bits per heavy atom. The van der Waals surface area contributed by atoms with Crippen LogP contribution >= 0.6 is 46.4 Å². The van der Waals surface area contributed by atoms with Crippen LogP contribution in [0.2, 0.25) is 0 Å². The maximum Gasteiger partial charge on any atom is 0.405 e. The lowest BCUT2D eigenvalue weighted by atomic mass is 9.83. The van der Waals surface area contributed by atoms with Crippen LogP contribution in [0.4, 0.5) is 4.79 Å². The van der Waals surface area contributed by atoms with Gasteiger partial charge in [-0.05, 0) is 105 Å². The molecule has 49 heavy (non-hydrogen) atoms. The van der Waals surface area contributed by atoms with E-state index >= 15 is 0 Å². The zero-order chi connectivity index (χ0) is 36.2. The number of aliphatic hydroxyl groups excluding tert-OH is 1. The minimum absolute atomic E-state index is 0.0495. The second-order valence-corrected chi connectivity index (χ2v) is 16.4. The number of phenolic OH excluding ortho intramolecular Hbond substituents is 4. The number of amides is 1. The number of hydrogen-bond acceptors (Lipinski definition) is 7. The lowest BCUT2D eigenvalue weighted by molar-refractivity contribution is 0.0690. The zero-order valence-electron chi connectivity index (χ0n) is 28.5. The molecule has 0 heterocycles. The molecular formula is C37H53Cl4NO7. The summed E-state index contributed by atoms with van der Waals surface area (Å²) >= 11 is 24.0. The Hall–Kier alpha value is -1.97. The summed E-state index contributed by atoms with van der Waals surface area (Å²) in [6.45, 7) is 3.86. The lowest BCUT2D eigenvalue weighted by Gasteiger charge is -2.27. The fraction of sp³-hybridized carbons (Fsp3) is 0.649. The van der Waals surface area contributed by atoms with Gasteiger partial charge in [0.15, 0.2) is 0 Å². The summed E-state index contributed by atoms with van der Waals surface area (Å²) < 4.78 is 5.55. The van der Waals surface area contributed by atoms with E-state index in [4.69, 9.17) is 56.9 Å². The van der Waals surface area contributed by atoms with Crippen LogP contribution in [0.15, 0.2) is 24.3 Å². The number of hydrogen-bond donors (Lipinski definition) is 6. The summed E-state index contributed by atoms with van der Waals surface area (Å²) in [4.78, 5) is 11.0. The predicted octanol–water partition coefficient (Wildman–Crippen LogP) is 10.9. The molecule has 7 N–H and O–H groups in total. The topological polar surface area (TPSA) is 153 Å². The van der Waals surface area contributed by atoms with Crippen molar-refractivity contribution in [3.63, 3.8) is 0 Å². The molecular weight excluding hydrogens is 712 g/mol. The maximum atomic E-state index is 12.0. The number of carbonyl (C=O) groups is 1. The van der Waals surface area contributed by atoms with E-state index in [1.54, 1.807) is 24.3 Å². The monoisotopic (exact) mass is 763 g/mol. The van der Waals surface area contributed by atoms with Crippen molar-refractivity contribution in [3.05, 3.63) is 46.5 Å². The summed E-state index contributed by atoms with van der Waals surface area (Å²) in [5.41, 5.74) is 7.24. The molecule has 6 unspecified atom stereocenters. The number of halogens is 4. The van der Waals surface area contributed by atoms with Crippen molar-refractivity contribution < 1.29 is 35.1 Å². The van der Waals surface area contributed by atoms with E-state index in [9.17, 15) is 30.3 Å². The van der Waals surface area contributed by atoms with Crippen LogP contribution in [0.1, 0.15) is 150 Å². The molecule has 2 aromatic carbocycles. The molecule has 0 aromatic heterocycles. The molecule has 4 bridgehead atoms. The number of rotatable bonds is 9. The third-order valence-electron chi connectivity index (χ3n) is 9.98. The van der Waals surface area contributed by atoms with Crippen molar-refractivity contribution in [2.75, 3.05) is 0 Å². The number of benzene rings is 2. The highest BCUT2D eigenvalue weighted by atomic mass is 35.5. The molecule has 4 aliphatic carbocycles. The molecule has 0 saturated heterocycles. The minimum Gasteiger partial charge on any atom is -0.508 e. The Kier molecular flexibility index (Phi) is 17.1. The van der Waals surface area contributed by atoms with Gasteiger partial charge in [0, 0.05) is 16.7 Å². The van der Waals surface area contributed by atoms with Crippen molar-refractivity contribution in [2.45, 2.75) is 137 Å². The first-order valence-corrected chi connectivity index (χ1v) is 19.3. The highest BCUT2D eigenvalue weighted by molar-refractivity contribution is 6.44. The van der Waals surface area contributed by atoms with Crippen LogP contribution in [0.3, 0.4) is 0 Å². The lowest BCUT2D eigenvalue weighted by Crippen LogP contribution is -2.22. The van der Waals surface area contributed by atoms with E-state index in [2.05, 4.69) is 0 Å². The van der Waals surface area contributed by atoms with Gasteiger partial charge in [0.1, 0.15) is 38.8 Å². The van der Waals surface area contributed by atoms with Gasteiger partial charge in [0.2, 0.25) is 0 Å². The highest BCUT2D eigenvalue weighted by Gasteiger charge is 2.29. The largest absolute Gasteiger partial charge is 0.508 e. The molecule has 0 saturated carbocycles. The molecule has 8 nitrogen and oxygen atoms in total. The summed E-state index contributed by atoms with van der Waals surface area (Å²) in [6.07, 6.45) is 6.69. The summed E-state index contributed by atoms with van der Waals surface area (Å²) in [5.74, 6) is -1.02. The van der Waals surface area contributed by atoms with E-state index in [-0.39, 0.29) is 46.7 Å². The van der Waals surface area contributed by atoms with Gasteiger partial charge in [0.25, 0.3) is 0 Å². The van der Waals surface area contributed by atoms with Crippen LogP contribution in [0, 0.1) is 11.8 Å². The Morgan fingerprint density at radius 3 is 1.51 bits per heavy atom. The van der Waals surface area contributed by atoms with Gasteiger partial charge in [-0.1, -0.05) is 52.4 Å². The summed E-state index contributed by atoms with van der Waals surface area (Å²) in [5, 5.41) is 56.2.